The van der Waals surface area contributed by atoms with Crippen molar-refractivity contribution in [3.8, 4) is 5.75 Å². The summed E-state index contributed by atoms with van der Waals surface area (Å²) in [5.41, 5.74) is 5.36. The molecular weight excluding hydrogens is 338 g/mol. The molecule has 0 aliphatic carbocycles. The van der Waals surface area contributed by atoms with Gasteiger partial charge in [-0.05, 0) is 24.3 Å². The van der Waals surface area contributed by atoms with Gasteiger partial charge in [-0.25, -0.2) is 0 Å². The van der Waals surface area contributed by atoms with Crippen LogP contribution in [-0.2, 0) is 9.59 Å². The summed E-state index contributed by atoms with van der Waals surface area (Å²) in [6.07, 6.45) is 0. The van der Waals surface area contributed by atoms with Gasteiger partial charge in [-0.2, -0.15) is 0 Å². The van der Waals surface area contributed by atoms with Crippen LogP contribution in [0.1, 0.15) is 6.92 Å². The molecule has 0 atom stereocenters. The number of hydrogen-bond acceptors (Lipinski definition) is 8. The Labute approximate surface area is 141 Å². The Morgan fingerprint density at radius 3 is 2.61 bits per heavy atom. The van der Waals surface area contributed by atoms with Crippen LogP contribution in [0.5, 0.6) is 5.75 Å². The summed E-state index contributed by atoms with van der Waals surface area (Å²) in [5.74, 6) is 0.266. The summed E-state index contributed by atoms with van der Waals surface area (Å²) >= 11 is 2.57. The van der Waals surface area contributed by atoms with Crippen molar-refractivity contribution in [1.29, 1.82) is 0 Å². The number of anilines is 2. The maximum atomic E-state index is 11.5. The average molecular weight is 353 g/mol. The van der Waals surface area contributed by atoms with Gasteiger partial charge in [0.25, 0.3) is 0 Å². The number of hydrazine groups is 1. The molecule has 3 N–H and O–H groups in total. The van der Waals surface area contributed by atoms with E-state index in [-0.39, 0.29) is 17.6 Å². The SMILES string of the molecule is COc1ccc(Nc2nnc(SCC(=O)NNC(C)=O)s2)cc1. The standard InChI is InChI=1S/C13H15N5O3S2/c1-8(19)15-16-11(20)7-22-13-18-17-12(23-13)14-9-3-5-10(21-2)6-4-9/h3-6H,7H2,1-2H3,(H,14,17)(H,15,19)(H,16,20). The summed E-state index contributed by atoms with van der Waals surface area (Å²) in [4.78, 5) is 22.1. The van der Waals surface area contributed by atoms with Gasteiger partial charge in [0.15, 0.2) is 4.34 Å². The number of benzene rings is 1. The van der Waals surface area contributed by atoms with Gasteiger partial charge in [0.1, 0.15) is 5.75 Å². The fourth-order valence-corrected chi connectivity index (χ4v) is 3.01. The zero-order valence-electron chi connectivity index (χ0n) is 12.5. The summed E-state index contributed by atoms with van der Waals surface area (Å²) < 4.78 is 5.74. The van der Waals surface area contributed by atoms with Gasteiger partial charge in [-0.15, -0.1) is 10.2 Å². The van der Waals surface area contributed by atoms with Crippen LogP contribution in [0.25, 0.3) is 0 Å². The largest absolute Gasteiger partial charge is 0.497 e. The lowest BCUT2D eigenvalue weighted by atomic mass is 10.3. The van der Waals surface area contributed by atoms with Crippen molar-refractivity contribution in [2.75, 3.05) is 18.2 Å². The maximum absolute atomic E-state index is 11.5. The summed E-state index contributed by atoms with van der Waals surface area (Å²) in [7, 11) is 1.61. The lowest BCUT2D eigenvalue weighted by molar-refractivity contribution is -0.126. The topological polar surface area (TPSA) is 105 Å². The number of nitrogens with zero attached hydrogens (tertiary/aromatic N) is 2. The lowest BCUT2D eigenvalue weighted by Gasteiger charge is -2.03. The van der Waals surface area contributed by atoms with E-state index in [1.807, 2.05) is 24.3 Å². The third kappa shape index (κ3) is 5.75. The molecule has 0 radical (unpaired) electrons. The highest BCUT2D eigenvalue weighted by molar-refractivity contribution is 8.01. The molecule has 2 rings (SSSR count). The zero-order chi connectivity index (χ0) is 16.7. The highest BCUT2D eigenvalue weighted by Gasteiger charge is 2.08. The van der Waals surface area contributed by atoms with Crippen LogP contribution >= 0.6 is 23.1 Å². The minimum Gasteiger partial charge on any atom is -0.497 e. The second-order valence-corrected chi connectivity index (χ2v) is 6.44. The van der Waals surface area contributed by atoms with E-state index in [0.29, 0.717) is 9.47 Å². The van der Waals surface area contributed by atoms with Crippen molar-refractivity contribution >= 4 is 45.7 Å². The van der Waals surface area contributed by atoms with E-state index >= 15 is 0 Å². The van der Waals surface area contributed by atoms with Gasteiger partial charge in [-0.3, -0.25) is 20.4 Å². The van der Waals surface area contributed by atoms with Gasteiger partial charge in [0.2, 0.25) is 16.9 Å². The average Bonchev–Trinajstić information content (AvgIpc) is 2.99. The Morgan fingerprint density at radius 1 is 1.22 bits per heavy atom. The smallest absolute Gasteiger partial charge is 0.248 e. The van der Waals surface area contributed by atoms with Crippen molar-refractivity contribution in [2.24, 2.45) is 0 Å². The van der Waals surface area contributed by atoms with E-state index in [9.17, 15) is 9.59 Å². The van der Waals surface area contributed by atoms with E-state index in [1.54, 1.807) is 7.11 Å². The van der Waals surface area contributed by atoms with Crippen molar-refractivity contribution in [3.05, 3.63) is 24.3 Å². The number of nitrogens with one attached hydrogen (secondary N) is 3. The molecule has 0 aliphatic rings. The highest BCUT2D eigenvalue weighted by atomic mass is 32.2. The van der Waals surface area contributed by atoms with Gasteiger partial charge >= 0.3 is 0 Å². The van der Waals surface area contributed by atoms with Gasteiger partial charge < -0.3 is 10.1 Å². The highest BCUT2D eigenvalue weighted by Crippen LogP contribution is 2.28. The van der Waals surface area contributed by atoms with E-state index in [1.165, 1.54) is 30.0 Å². The number of carbonyl (C=O) groups is 2. The molecule has 0 aliphatic heterocycles. The molecule has 122 valence electrons. The minimum absolute atomic E-state index is 0.136. The number of ether oxygens (including phenoxy) is 1. The molecule has 0 unspecified atom stereocenters. The van der Waals surface area contributed by atoms with Crippen LogP contribution in [0.15, 0.2) is 28.6 Å². The predicted octanol–water partition coefficient (Wildman–Crippen LogP) is 1.55. The number of aromatic nitrogens is 2. The number of amides is 2. The molecule has 23 heavy (non-hydrogen) atoms. The Balaban J connectivity index is 1.82. The monoisotopic (exact) mass is 353 g/mol. The molecule has 2 aromatic rings. The molecule has 1 aromatic carbocycles. The van der Waals surface area contributed by atoms with Crippen LogP contribution in [0, 0.1) is 0 Å². The molecule has 0 bridgehead atoms. The molecule has 0 saturated heterocycles. The third-order valence-corrected chi connectivity index (χ3v) is 4.42. The van der Waals surface area contributed by atoms with Crippen LogP contribution in [-0.4, -0.2) is 34.9 Å². The van der Waals surface area contributed by atoms with Gasteiger partial charge in [0, 0.05) is 12.6 Å². The molecule has 0 saturated carbocycles. The summed E-state index contributed by atoms with van der Waals surface area (Å²) in [5, 5.41) is 11.7. The number of thioether (sulfide) groups is 1. The normalized spacial score (nSPS) is 10.0. The molecule has 10 heteroatoms. The van der Waals surface area contributed by atoms with Crippen molar-refractivity contribution in [3.63, 3.8) is 0 Å². The number of hydrogen-bond donors (Lipinski definition) is 3. The molecular formula is C13H15N5O3S2. The van der Waals surface area contributed by atoms with Crippen LogP contribution in [0.2, 0.25) is 0 Å². The summed E-state index contributed by atoms with van der Waals surface area (Å²) in [6.45, 7) is 1.31. The Kier molecular flexibility index (Phi) is 6.18. The molecule has 1 aromatic heterocycles. The fourth-order valence-electron chi connectivity index (χ4n) is 1.44. The molecule has 0 spiro atoms. The molecule has 8 nitrogen and oxygen atoms in total. The first-order valence-electron chi connectivity index (χ1n) is 6.49. The first kappa shape index (κ1) is 17.0. The summed E-state index contributed by atoms with van der Waals surface area (Å²) in [6, 6.07) is 7.42. The second-order valence-electron chi connectivity index (χ2n) is 4.24. The first-order chi connectivity index (χ1) is 11.1. The number of rotatable bonds is 6. The zero-order valence-corrected chi connectivity index (χ0v) is 14.1. The van der Waals surface area contributed by atoms with Crippen molar-refractivity contribution in [1.82, 2.24) is 21.0 Å². The van der Waals surface area contributed by atoms with Crippen molar-refractivity contribution in [2.45, 2.75) is 11.3 Å². The Morgan fingerprint density at radius 2 is 1.96 bits per heavy atom. The quantitative estimate of drug-likeness (QED) is 0.534. The Hall–Kier alpha value is -2.33. The molecule has 1 heterocycles. The number of methoxy groups -OCH3 is 1. The van der Waals surface area contributed by atoms with E-state index in [2.05, 4.69) is 26.4 Å². The van der Waals surface area contributed by atoms with E-state index in [4.69, 9.17) is 4.74 Å². The van der Waals surface area contributed by atoms with E-state index < -0.39 is 0 Å². The molecule has 0 fully saturated rings. The van der Waals surface area contributed by atoms with E-state index in [0.717, 1.165) is 11.4 Å². The third-order valence-electron chi connectivity index (χ3n) is 2.45. The fraction of sp³-hybridized carbons (Fsp3) is 0.231. The van der Waals surface area contributed by atoms with Crippen LogP contribution in [0.4, 0.5) is 10.8 Å². The predicted molar refractivity (Wildman–Crippen MR) is 88.9 cm³/mol. The molecule has 2 amide bonds. The number of carbonyl (C=O) groups excluding carboxylic acids is 2. The van der Waals surface area contributed by atoms with Crippen LogP contribution in [0.3, 0.4) is 0 Å². The van der Waals surface area contributed by atoms with Gasteiger partial charge in [0.05, 0.1) is 12.9 Å². The Bertz CT molecular complexity index is 675. The van der Waals surface area contributed by atoms with Crippen molar-refractivity contribution < 1.29 is 14.3 Å². The van der Waals surface area contributed by atoms with Gasteiger partial charge in [-0.1, -0.05) is 23.1 Å². The second kappa shape index (κ2) is 8.34. The minimum atomic E-state index is -0.328. The first-order valence-corrected chi connectivity index (χ1v) is 8.30. The lowest BCUT2D eigenvalue weighted by Crippen LogP contribution is -2.41. The maximum Gasteiger partial charge on any atom is 0.248 e. The van der Waals surface area contributed by atoms with Crippen LogP contribution < -0.4 is 20.9 Å².